The molecule has 0 saturated carbocycles. The van der Waals surface area contributed by atoms with Crippen LogP contribution in [0.5, 0.6) is 0 Å². The molecule has 11 nitrogen and oxygen atoms in total. The van der Waals surface area contributed by atoms with Crippen LogP contribution in [0.15, 0.2) is 12.2 Å². The van der Waals surface area contributed by atoms with Crippen LogP contribution in [0.2, 0.25) is 0 Å². The first-order valence-corrected chi connectivity index (χ1v) is 36.6. The molecule has 1 heterocycles. The van der Waals surface area contributed by atoms with Crippen molar-refractivity contribution < 1.29 is 50.0 Å². The van der Waals surface area contributed by atoms with Gasteiger partial charge in [0.25, 0.3) is 0 Å². The molecule has 0 aromatic heterocycles. The molecule has 0 bridgehead atoms. The molecule has 11 heteroatoms. The third-order valence-electron chi connectivity index (χ3n) is 18.1. The SMILES string of the molecule is CCCCCCCCCCCCCCCC/C=C\CCCCCCCCCCCCCCCCCCC(O)C(=O)NC(COC1OC(CO)C(O)C(O)C1O)C(O)C(O)CCCCCCCCCCCCCCCCCCCCCCCC. The lowest BCUT2D eigenvalue weighted by Gasteiger charge is -2.40. The highest BCUT2D eigenvalue weighted by Gasteiger charge is 2.44. The number of allylic oxidation sites excluding steroid dienone is 2. The van der Waals surface area contributed by atoms with Crippen molar-refractivity contribution in [2.75, 3.05) is 13.2 Å². The van der Waals surface area contributed by atoms with Gasteiger partial charge >= 0.3 is 0 Å². The van der Waals surface area contributed by atoms with E-state index in [1.165, 1.54) is 295 Å². The summed E-state index contributed by atoms with van der Waals surface area (Å²) in [6.07, 6.45) is 64.5. The minimum absolute atomic E-state index is 0.265. The Bertz CT molecular complexity index is 1350. The van der Waals surface area contributed by atoms with Crippen LogP contribution in [-0.4, -0.2) is 110 Å². The number of aliphatic hydroxyl groups is 7. The highest BCUT2D eigenvalue weighted by atomic mass is 16.7. The van der Waals surface area contributed by atoms with Crippen LogP contribution >= 0.6 is 0 Å². The number of rotatable bonds is 65. The Labute approximate surface area is 512 Å². The van der Waals surface area contributed by atoms with Crippen LogP contribution in [0.1, 0.15) is 373 Å². The lowest BCUT2D eigenvalue weighted by Crippen LogP contribution is -2.60. The summed E-state index contributed by atoms with van der Waals surface area (Å²) < 4.78 is 11.2. The Morgan fingerprint density at radius 3 is 1.01 bits per heavy atom. The second-order valence-electron chi connectivity index (χ2n) is 26.0. The first-order chi connectivity index (χ1) is 40.7. The molecule has 0 spiro atoms. The van der Waals surface area contributed by atoms with Gasteiger partial charge in [-0.15, -0.1) is 0 Å². The van der Waals surface area contributed by atoms with Crippen molar-refractivity contribution in [2.45, 2.75) is 428 Å². The molecule has 1 fully saturated rings. The number of aliphatic hydroxyl groups excluding tert-OH is 7. The van der Waals surface area contributed by atoms with Gasteiger partial charge < -0.3 is 50.5 Å². The van der Waals surface area contributed by atoms with Gasteiger partial charge in [-0.3, -0.25) is 4.79 Å². The molecule has 0 aliphatic carbocycles. The van der Waals surface area contributed by atoms with Crippen LogP contribution in [-0.2, 0) is 14.3 Å². The Morgan fingerprint density at radius 2 is 0.699 bits per heavy atom. The van der Waals surface area contributed by atoms with Crippen molar-refractivity contribution in [1.29, 1.82) is 0 Å². The molecule has 8 N–H and O–H groups in total. The molecule has 0 aromatic carbocycles. The summed E-state index contributed by atoms with van der Waals surface area (Å²) in [5.74, 6) is -0.688. The molecule has 1 amide bonds. The first kappa shape index (κ1) is 79.9. The van der Waals surface area contributed by atoms with Crippen LogP contribution in [0.3, 0.4) is 0 Å². The first-order valence-electron chi connectivity index (χ1n) is 36.6. The summed E-state index contributed by atoms with van der Waals surface area (Å²) in [5, 5.41) is 76.6. The van der Waals surface area contributed by atoms with Crippen molar-refractivity contribution in [3.05, 3.63) is 12.2 Å². The normalized spacial score (nSPS) is 19.0. The monoisotopic (exact) mass is 1180 g/mol. The summed E-state index contributed by atoms with van der Waals surface area (Å²) in [4.78, 5) is 13.3. The van der Waals surface area contributed by atoms with Gasteiger partial charge in [0.2, 0.25) is 5.91 Å². The molecular formula is C72H141NO10. The molecule has 9 atom stereocenters. The summed E-state index contributed by atoms with van der Waals surface area (Å²) in [6.45, 7) is 3.52. The van der Waals surface area contributed by atoms with Crippen LogP contribution < -0.4 is 5.32 Å². The van der Waals surface area contributed by atoms with E-state index in [0.717, 1.165) is 38.5 Å². The standard InChI is InChI=1S/C72H141NO10/c1-3-5-7-9-11-13-15-17-19-21-23-25-27-28-29-30-31-32-33-34-35-36-37-38-40-42-44-46-48-50-52-54-56-58-60-65(76)71(81)73-63(62-82-72-70(80)69(79)68(78)66(61-74)83-72)67(77)64(75)59-57-55-53-51-49-47-45-43-41-39-26-24-22-20-18-16-14-12-10-8-6-4-2/h30-31,63-70,72,74-80H,3-29,32-62H2,1-2H3,(H,73,81)/b31-30-. The molecule has 0 radical (unpaired) electrons. The van der Waals surface area contributed by atoms with Crippen LogP contribution in [0.4, 0.5) is 0 Å². The van der Waals surface area contributed by atoms with E-state index in [-0.39, 0.29) is 6.42 Å². The zero-order valence-corrected chi connectivity index (χ0v) is 54.7. The predicted octanol–water partition coefficient (Wildman–Crippen LogP) is 17.8. The van der Waals surface area contributed by atoms with Gasteiger partial charge in [0, 0.05) is 0 Å². The van der Waals surface area contributed by atoms with E-state index in [2.05, 4.69) is 31.3 Å². The van der Waals surface area contributed by atoms with E-state index >= 15 is 0 Å². The molecule has 1 saturated heterocycles. The Morgan fingerprint density at radius 1 is 0.410 bits per heavy atom. The summed E-state index contributed by atoms with van der Waals surface area (Å²) in [5.41, 5.74) is 0. The second kappa shape index (κ2) is 61.1. The zero-order valence-electron chi connectivity index (χ0n) is 54.7. The van der Waals surface area contributed by atoms with Crippen LogP contribution in [0.25, 0.3) is 0 Å². The number of amides is 1. The zero-order chi connectivity index (χ0) is 60.3. The topological polar surface area (TPSA) is 189 Å². The number of nitrogens with one attached hydrogen (secondary N) is 1. The Hall–Kier alpha value is -1.15. The number of ether oxygens (including phenoxy) is 2. The molecule has 494 valence electrons. The lowest BCUT2D eigenvalue weighted by molar-refractivity contribution is -0.303. The summed E-state index contributed by atoms with van der Waals surface area (Å²) >= 11 is 0. The molecule has 1 rings (SSSR count). The molecule has 0 aromatic rings. The third-order valence-corrected chi connectivity index (χ3v) is 18.1. The smallest absolute Gasteiger partial charge is 0.249 e. The minimum Gasteiger partial charge on any atom is -0.394 e. The number of hydrogen-bond acceptors (Lipinski definition) is 10. The Kier molecular flexibility index (Phi) is 58.8. The van der Waals surface area contributed by atoms with E-state index < -0.39 is 74.2 Å². The van der Waals surface area contributed by atoms with Gasteiger partial charge in [0.1, 0.15) is 36.6 Å². The van der Waals surface area contributed by atoms with Gasteiger partial charge in [0.05, 0.1) is 25.4 Å². The van der Waals surface area contributed by atoms with Gasteiger partial charge in [-0.05, 0) is 38.5 Å². The van der Waals surface area contributed by atoms with E-state index in [1.807, 2.05) is 0 Å². The fourth-order valence-corrected chi connectivity index (χ4v) is 12.2. The van der Waals surface area contributed by atoms with Gasteiger partial charge in [-0.2, -0.15) is 0 Å². The van der Waals surface area contributed by atoms with E-state index in [9.17, 15) is 40.5 Å². The largest absolute Gasteiger partial charge is 0.394 e. The van der Waals surface area contributed by atoms with Crippen molar-refractivity contribution in [2.24, 2.45) is 0 Å². The second-order valence-corrected chi connectivity index (χ2v) is 26.0. The predicted molar refractivity (Wildman–Crippen MR) is 349 cm³/mol. The fraction of sp³-hybridized carbons (Fsp3) is 0.958. The Balaban J connectivity index is 2.15. The highest BCUT2D eigenvalue weighted by Crippen LogP contribution is 2.24. The van der Waals surface area contributed by atoms with Crippen molar-refractivity contribution >= 4 is 5.91 Å². The summed E-state index contributed by atoms with van der Waals surface area (Å²) in [7, 11) is 0. The molecule has 1 aliphatic rings. The fourth-order valence-electron chi connectivity index (χ4n) is 12.2. The maximum Gasteiger partial charge on any atom is 0.249 e. The van der Waals surface area contributed by atoms with Gasteiger partial charge in [-0.1, -0.05) is 347 Å². The molecule has 1 aliphatic heterocycles. The quantitative estimate of drug-likeness (QED) is 0.0215. The maximum absolute atomic E-state index is 13.3. The molecule has 83 heavy (non-hydrogen) atoms. The number of carbonyl (C=O) groups excluding carboxylic acids is 1. The van der Waals surface area contributed by atoms with E-state index in [4.69, 9.17) is 9.47 Å². The number of unbranched alkanes of at least 4 members (excludes halogenated alkanes) is 51. The lowest BCUT2D eigenvalue weighted by atomic mass is 9.98. The average molecular weight is 1180 g/mol. The third kappa shape index (κ3) is 48.5. The van der Waals surface area contributed by atoms with Crippen molar-refractivity contribution in [1.82, 2.24) is 5.32 Å². The highest BCUT2D eigenvalue weighted by molar-refractivity contribution is 5.80. The maximum atomic E-state index is 13.3. The van der Waals surface area contributed by atoms with Crippen molar-refractivity contribution in [3.8, 4) is 0 Å². The molecular weight excluding hydrogens is 1040 g/mol. The van der Waals surface area contributed by atoms with Gasteiger partial charge in [-0.25, -0.2) is 0 Å². The minimum atomic E-state index is -1.66. The van der Waals surface area contributed by atoms with Crippen molar-refractivity contribution in [3.63, 3.8) is 0 Å². The van der Waals surface area contributed by atoms with E-state index in [1.54, 1.807) is 0 Å². The van der Waals surface area contributed by atoms with E-state index in [0.29, 0.717) is 19.3 Å². The van der Waals surface area contributed by atoms with Gasteiger partial charge in [0.15, 0.2) is 6.29 Å². The molecule has 9 unspecified atom stereocenters. The number of hydrogen-bond donors (Lipinski definition) is 8. The summed E-state index contributed by atoms with van der Waals surface area (Å²) in [6, 6.07) is -1.17. The van der Waals surface area contributed by atoms with Crippen LogP contribution in [0, 0.1) is 0 Å². The average Bonchev–Trinajstić information content (AvgIpc) is 3.68. The number of carbonyl (C=O) groups is 1.